The molecule has 3 aliphatic rings. The Kier molecular flexibility index (Phi) is 7.98. The van der Waals surface area contributed by atoms with Crippen LogP contribution < -0.4 is 15.4 Å². The minimum absolute atomic E-state index is 0.0343. The highest BCUT2D eigenvalue weighted by Gasteiger charge is 2.52. The topological polar surface area (TPSA) is 91.0 Å². The second-order valence-electron chi connectivity index (χ2n) is 10.8. The third-order valence-corrected chi connectivity index (χ3v) is 8.43. The van der Waals surface area contributed by atoms with Gasteiger partial charge in [-0.1, -0.05) is 55.3 Å². The van der Waals surface area contributed by atoms with Crippen LogP contribution in [0.5, 0.6) is 5.75 Å². The van der Waals surface area contributed by atoms with E-state index < -0.39 is 5.54 Å². The summed E-state index contributed by atoms with van der Waals surface area (Å²) in [4.78, 5) is 42.7. The summed E-state index contributed by atoms with van der Waals surface area (Å²) in [5.41, 5.74) is 1.19. The number of benzene rings is 2. The van der Waals surface area contributed by atoms with Crippen LogP contribution in [-0.4, -0.2) is 59.9 Å². The first kappa shape index (κ1) is 26.2. The molecule has 1 aliphatic carbocycles. The minimum atomic E-state index is -0.824. The molecule has 0 radical (unpaired) electrons. The molecule has 8 nitrogen and oxygen atoms in total. The number of amides is 4. The second-order valence-corrected chi connectivity index (χ2v) is 10.8. The van der Waals surface area contributed by atoms with Crippen molar-refractivity contribution in [2.24, 2.45) is 5.92 Å². The van der Waals surface area contributed by atoms with E-state index in [-0.39, 0.29) is 36.3 Å². The van der Waals surface area contributed by atoms with E-state index >= 15 is 0 Å². The Morgan fingerprint density at radius 1 is 1.05 bits per heavy atom. The van der Waals surface area contributed by atoms with Crippen molar-refractivity contribution in [3.8, 4) is 5.75 Å². The number of carbonyl (C=O) groups excluding carboxylic acids is 3. The molecule has 2 heterocycles. The summed E-state index contributed by atoms with van der Waals surface area (Å²) in [6, 6.07) is 17.2. The van der Waals surface area contributed by atoms with E-state index in [9.17, 15) is 14.4 Å². The van der Waals surface area contributed by atoms with Gasteiger partial charge in [-0.3, -0.25) is 14.5 Å². The van der Waals surface area contributed by atoms with Crippen LogP contribution in [0.15, 0.2) is 54.6 Å². The minimum Gasteiger partial charge on any atom is -0.497 e. The van der Waals surface area contributed by atoms with Gasteiger partial charge in [0.05, 0.1) is 19.7 Å². The Labute approximate surface area is 224 Å². The molecular formula is C30H38N4O4. The lowest BCUT2D eigenvalue weighted by molar-refractivity contribution is -0.133. The number of nitrogens with zero attached hydrogens (tertiary/aromatic N) is 2. The van der Waals surface area contributed by atoms with Crippen molar-refractivity contribution in [3.05, 3.63) is 65.7 Å². The van der Waals surface area contributed by atoms with E-state index in [4.69, 9.17) is 4.74 Å². The summed E-state index contributed by atoms with van der Waals surface area (Å²) >= 11 is 0. The van der Waals surface area contributed by atoms with Crippen LogP contribution in [0, 0.1) is 5.92 Å². The van der Waals surface area contributed by atoms with Crippen LogP contribution in [0.2, 0.25) is 0 Å². The van der Waals surface area contributed by atoms with Crippen molar-refractivity contribution in [2.75, 3.05) is 26.7 Å². The lowest BCUT2D eigenvalue weighted by Gasteiger charge is -2.38. The average molecular weight is 519 g/mol. The molecule has 1 atom stereocenters. The zero-order valence-electron chi connectivity index (χ0n) is 22.2. The van der Waals surface area contributed by atoms with E-state index in [2.05, 4.69) is 27.7 Å². The largest absolute Gasteiger partial charge is 0.497 e. The van der Waals surface area contributed by atoms with Crippen molar-refractivity contribution in [1.82, 2.24) is 20.4 Å². The Bertz CT molecular complexity index is 1120. The zero-order valence-corrected chi connectivity index (χ0v) is 22.2. The number of carbonyl (C=O) groups is 3. The predicted molar refractivity (Wildman–Crippen MR) is 144 cm³/mol. The quantitative estimate of drug-likeness (QED) is 0.490. The molecule has 2 aromatic carbocycles. The van der Waals surface area contributed by atoms with E-state index in [0.717, 1.165) is 68.6 Å². The molecule has 2 aromatic rings. The van der Waals surface area contributed by atoms with E-state index in [1.807, 2.05) is 42.5 Å². The maximum Gasteiger partial charge on any atom is 0.325 e. The highest BCUT2D eigenvalue weighted by Crippen LogP contribution is 2.32. The molecule has 3 fully saturated rings. The van der Waals surface area contributed by atoms with Gasteiger partial charge in [0.25, 0.3) is 5.91 Å². The Balaban J connectivity index is 1.16. The molecule has 8 heteroatoms. The first-order valence-corrected chi connectivity index (χ1v) is 13.8. The molecule has 2 N–H and O–H groups in total. The molecule has 4 amide bonds. The smallest absolute Gasteiger partial charge is 0.325 e. The number of piperidine rings is 1. The number of urea groups is 1. The third-order valence-electron chi connectivity index (χ3n) is 8.43. The average Bonchev–Trinajstić information content (AvgIpc) is 3.57. The number of hydrogen-bond acceptors (Lipinski definition) is 5. The Morgan fingerprint density at radius 2 is 1.74 bits per heavy atom. The number of nitrogens with one attached hydrogen (secondary N) is 2. The Morgan fingerprint density at radius 3 is 2.39 bits per heavy atom. The van der Waals surface area contributed by atoms with Gasteiger partial charge in [-0.05, 0) is 55.4 Å². The molecule has 38 heavy (non-hydrogen) atoms. The van der Waals surface area contributed by atoms with Gasteiger partial charge in [-0.15, -0.1) is 0 Å². The summed E-state index contributed by atoms with van der Waals surface area (Å²) in [5.74, 6) is 0.908. The summed E-state index contributed by atoms with van der Waals surface area (Å²) in [7, 11) is 1.61. The van der Waals surface area contributed by atoms with Gasteiger partial charge in [0.15, 0.2) is 0 Å². The van der Waals surface area contributed by atoms with Crippen LogP contribution in [0.1, 0.15) is 62.1 Å². The molecule has 202 valence electrons. The fraction of sp³-hybridized carbons (Fsp3) is 0.500. The zero-order chi connectivity index (χ0) is 26.5. The SMILES string of the molecule is COc1ccc(CN2C(=O)NC3(CCN(CC[C@H](NC(=O)C4CCCC4)c4ccccc4)CC3)C2=O)cc1. The number of likely N-dealkylation sites (tertiary alicyclic amines) is 1. The molecule has 1 saturated carbocycles. The lowest BCUT2D eigenvalue weighted by Crippen LogP contribution is -2.55. The Hall–Kier alpha value is -3.39. The second kappa shape index (κ2) is 11.6. The summed E-state index contributed by atoms with van der Waals surface area (Å²) in [5, 5.41) is 6.33. The highest BCUT2D eigenvalue weighted by atomic mass is 16.5. The van der Waals surface area contributed by atoms with Gasteiger partial charge in [-0.2, -0.15) is 0 Å². The standard InChI is InChI=1S/C30H38N4O4/c1-38-25-13-11-22(12-14-25)21-34-28(36)30(32-29(34)37)16-19-33(20-17-30)18-15-26(23-7-3-2-4-8-23)31-27(35)24-9-5-6-10-24/h2-4,7-8,11-14,24,26H,5-6,9-10,15-21H2,1H3,(H,31,35)(H,32,37)/t26-/m0/s1. The van der Waals surface area contributed by atoms with E-state index in [0.29, 0.717) is 12.8 Å². The lowest BCUT2D eigenvalue weighted by atomic mass is 9.87. The first-order chi connectivity index (χ1) is 18.5. The predicted octanol–water partition coefficient (Wildman–Crippen LogP) is 4.02. The van der Waals surface area contributed by atoms with Crippen molar-refractivity contribution in [3.63, 3.8) is 0 Å². The molecule has 1 spiro atoms. The molecule has 0 bridgehead atoms. The fourth-order valence-electron chi connectivity index (χ4n) is 6.03. The van der Waals surface area contributed by atoms with Gasteiger partial charge in [0.1, 0.15) is 11.3 Å². The molecule has 0 aromatic heterocycles. The number of methoxy groups -OCH3 is 1. The molecule has 2 aliphatic heterocycles. The van der Waals surface area contributed by atoms with Gasteiger partial charge < -0.3 is 20.3 Å². The van der Waals surface area contributed by atoms with Crippen LogP contribution >= 0.6 is 0 Å². The first-order valence-electron chi connectivity index (χ1n) is 13.8. The van der Waals surface area contributed by atoms with Crippen molar-refractivity contribution >= 4 is 17.8 Å². The molecule has 0 unspecified atom stereocenters. The van der Waals surface area contributed by atoms with Crippen LogP contribution in [0.3, 0.4) is 0 Å². The summed E-state index contributed by atoms with van der Waals surface area (Å²) in [6.45, 7) is 2.51. The maximum absolute atomic E-state index is 13.4. The highest BCUT2D eigenvalue weighted by molar-refractivity contribution is 6.07. The van der Waals surface area contributed by atoms with Crippen LogP contribution in [0.4, 0.5) is 4.79 Å². The summed E-state index contributed by atoms with van der Waals surface area (Å²) in [6.07, 6.45) is 6.21. The van der Waals surface area contributed by atoms with Crippen molar-refractivity contribution in [2.45, 2.75) is 63.1 Å². The van der Waals surface area contributed by atoms with E-state index in [1.165, 1.54) is 4.90 Å². The van der Waals surface area contributed by atoms with E-state index in [1.54, 1.807) is 7.11 Å². The number of imide groups is 1. The van der Waals surface area contributed by atoms with Crippen LogP contribution in [0.25, 0.3) is 0 Å². The van der Waals surface area contributed by atoms with Crippen LogP contribution in [-0.2, 0) is 16.1 Å². The van der Waals surface area contributed by atoms with Gasteiger partial charge >= 0.3 is 6.03 Å². The van der Waals surface area contributed by atoms with Gasteiger partial charge in [0, 0.05) is 25.6 Å². The summed E-state index contributed by atoms with van der Waals surface area (Å²) < 4.78 is 5.20. The maximum atomic E-state index is 13.4. The monoisotopic (exact) mass is 518 g/mol. The number of ether oxygens (including phenoxy) is 1. The van der Waals surface area contributed by atoms with Gasteiger partial charge in [0.2, 0.25) is 5.91 Å². The normalized spacial score (nSPS) is 20.5. The molecule has 2 saturated heterocycles. The number of rotatable bonds is 9. The van der Waals surface area contributed by atoms with Crippen molar-refractivity contribution < 1.29 is 19.1 Å². The third kappa shape index (κ3) is 5.70. The molecular weight excluding hydrogens is 480 g/mol. The number of hydrogen-bond donors (Lipinski definition) is 2. The van der Waals surface area contributed by atoms with Crippen molar-refractivity contribution in [1.29, 1.82) is 0 Å². The molecule has 5 rings (SSSR count). The fourth-order valence-corrected chi connectivity index (χ4v) is 6.03. The van der Waals surface area contributed by atoms with Gasteiger partial charge in [-0.25, -0.2) is 4.79 Å².